The van der Waals surface area contributed by atoms with Crippen LogP contribution in [0.3, 0.4) is 0 Å². The molecular formula is C13H21N3O. The van der Waals surface area contributed by atoms with Crippen molar-refractivity contribution in [1.82, 2.24) is 4.90 Å². The first-order valence-electron chi connectivity index (χ1n) is 5.97. The van der Waals surface area contributed by atoms with Crippen LogP contribution in [0.1, 0.15) is 25.3 Å². The van der Waals surface area contributed by atoms with Crippen molar-refractivity contribution < 1.29 is 4.79 Å². The van der Waals surface area contributed by atoms with Gasteiger partial charge < -0.3 is 11.5 Å². The van der Waals surface area contributed by atoms with Gasteiger partial charge >= 0.3 is 0 Å². The van der Waals surface area contributed by atoms with Crippen LogP contribution in [0, 0.1) is 0 Å². The lowest BCUT2D eigenvalue weighted by Crippen LogP contribution is -2.28. The van der Waals surface area contributed by atoms with Gasteiger partial charge in [-0.2, -0.15) is 0 Å². The average Bonchev–Trinajstić information content (AvgIpc) is 2.29. The quantitative estimate of drug-likeness (QED) is 0.701. The number of primary amides is 1. The molecule has 4 nitrogen and oxygen atoms in total. The third-order valence-corrected chi connectivity index (χ3v) is 2.66. The van der Waals surface area contributed by atoms with Gasteiger partial charge in [0.15, 0.2) is 0 Å². The van der Waals surface area contributed by atoms with Crippen LogP contribution >= 0.6 is 0 Å². The molecule has 0 unspecified atom stereocenters. The molecule has 0 saturated heterocycles. The van der Waals surface area contributed by atoms with Gasteiger partial charge in [0.05, 0.1) is 0 Å². The minimum atomic E-state index is -0.257. The summed E-state index contributed by atoms with van der Waals surface area (Å²) in [5.41, 5.74) is 13.0. The van der Waals surface area contributed by atoms with E-state index < -0.39 is 0 Å². The average molecular weight is 235 g/mol. The van der Waals surface area contributed by atoms with E-state index in [1.165, 1.54) is 0 Å². The summed E-state index contributed by atoms with van der Waals surface area (Å²) < 4.78 is 0. The first kappa shape index (κ1) is 13.5. The van der Waals surface area contributed by atoms with Gasteiger partial charge in [-0.15, -0.1) is 0 Å². The molecule has 1 aromatic carbocycles. The fourth-order valence-corrected chi connectivity index (χ4v) is 1.77. The molecule has 94 valence electrons. The summed E-state index contributed by atoms with van der Waals surface area (Å²) in [6, 6.07) is 7.81. The van der Waals surface area contributed by atoms with Crippen molar-refractivity contribution in [2.24, 2.45) is 5.73 Å². The summed E-state index contributed by atoms with van der Waals surface area (Å²) in [6.07, 6.45) is 1.44. The van der Waals surface area contributed by atoms with E-state index in [9.17, 15) is 4.79 Å². The number of amides is 1. The van der Waals surface area contributed by atoms with Crippen LogP contribution in [0.5, 0.6) is 0 Å². The van der Waals surface area contributed by atoms with Crippen LogP contribution in [-0.2, 0) is 11.3 Å². The van der Waals surface area contributed by atoms with Gasteiger partial charge in [0.25, 0.3) is 0 Å². The van der Waals surface area contributed by atoms with E-state index in [2.05, 4.69) is 11.8 Å². The SMILES string of the molecule is CCCN(CCC(N)=O)Cc1ccccc1N. The van der Waals surface area contributed by atoms with E-state index in [0.29, 0.717) is 13.0 Å². The molecule has 0 spiro atoms. The monoisotopic (exact) mass is 235 g/mol. The fraction of sp³-hybridized carbons (Fsp3) is 0.462. The van der Waals surface area contributed by atoms with Crippen molar-refractivity contribution in [3.63, 3.8) is 0 Å². The number of hydrogen-bond donors (Lipinski definition) is 2. The van der Waals surface area contributed by atoms with Crippen molar-refractivity contribution in [1.29, 1.82) is 0 Å². The van der Waals surface area contributed by atoms with Crippen molar-refractivity contribution in [2.75, 3.05) is 18.8 Å². The molecule has 0 saturated carbocycles. The van der Waals surface area contributed by atoms with Crippen molar-refractivity contribution in [2.45, 2.75) is 26.3 Å². The number of anilines is 1. The van der Waals surface area contributed by atoms with E-state index in [1.807, 2.05) is 24.3 Å². The zero-order valence-electron chi connectivity index (χ0n) is 10.4. The lowest BCUT2D eigenvalue weighted by atomic mass is 10.1. The maximum atomic E-state index is 10.8. The topological polar surface area (TPSA) is 72.3 Å². The normalized spacial score (nSPS) is 10.7. The molecule has 0 radical (unpaired) electrons. The molecular weight excluding hydrogens is 214 g/mol. The third-order valence-electron chi connectivity index (χ3n) is 2.66. The van der Waals surface area contributed by atoms with Gasteiger partial charge in [-0.1, -0.05) is 25.1 Å². The van der Waals surface area contributed by atoms with Gasteiger partial charge in [0.2, 0.25) is 5.91 Å². The Morgan fingerprint density at radius 2 is 2.00 bits per heavy atom. The zero-order valence-corrected chi connectivity index (χ0v) is 10.4. The van der Waals surface area contributed by atoms with Crippen LogP contribution in [0.4, 0.5) is 5.69 Å². The summed E-state index contributed by atoms with van der Waals surface area (Å²) in [5.74, 6) is -0.257. The van der Waals surface area contributed by atoms with Crippen LogP contribution in [-0.4, -0.2) is 23.9 Å². The van der Waals surface area contributed by atoms with E-state index >= 15 is 0 Å². The Bertz CT molecular complexity index is 365. The number of rotatable bonds is 7. The number of nitrogens with zero attached hydrogens (tertiary/aromatic N) is 1. The molecule has 1 amide bonds. The van der Waals surface area contributed by atoms with Crippen LogP contribution in [0.15, 0.2) is 24.3 Å². The van der Waals surface area contributed by atoms with Gasteiger partial charge in [-0.25, -0.2) is 0 Å². The van der Waals surface area contributed by atoms with Crippen molar-refractivity contribution in [3.8, 4) is 0 Å². The Hall–Kier alpha value is -1.55. The summed E-state index contributed by atoms with van der Waals surface area (Å²) in [5, 5.41) is 0. The lowest BCUT2D eigenvalue weighted by Gasteiger charge is -2.21. The molecule has 0 aliphatic carbocycles. The predicted octanol–water partition coefficient (Wildman–Crippen LogP) is 1.36. The van der Waals surface area contributed by atoms with Gasteiger partial charge in [0, 0.05) is 25.2 Å². The molecule has 0 fully saturated rings. The number of carbonyl (C=O) groups is 1. The summed E-state index contributed by atoms with van der Waals surface area (Å²) in [4.78, 5) is 13.0. The molecule has 1 rings (SSSR count). The third kappa shape index (κ3) is 4.87. The molecule has 1 aromatic rings. The highest BCUT2D eigenvalue weighted by Gasteiger charge is 2.08. The van der Waals surface area contributed by atoms with E-state index in [0.717, 1.165) is 30.8 Å². The number of carbonyl (C=O) groups excluding carboxylic acids is 1. The fourth-order valence-electron chi connectivity index (χ4n) is 1.77. The van der Waals surface area contributed by atoms with Crippen molar-refractivity contribution >= 4 is 11.6 Å². The second-order valence-corrected chi connectivity index (χ2v) is 4.19. The molecule has 0 aliphatic rings. The Labute approximate surface area is 103 Å². The van der Waals surface area contributed by atoms with Gasteiger partial charge in [-0.3, -0.25) is 9.69 Å². The molecule has 0 bridgehead atoms. The highest BCUT2D eigenvalue weighted by Crippen LogP contribution is 2.13. The Morgan fingerprint density at radius 1 is 1.29 bits per heavy atom. The Morgan fingerprint density at radius 3 is 2.59 bits per heavy atom. The first-order valence-corrected chi connectivity index (χ1v) is 5.97. The van der Waals surface area contributed by atoms with Crippen molar-refractivity contribution in [3.05, 3.63) is 29.8 Å². The Kier molecular flexibility index (Phi) is 5.49. The molecule has 4 N–H and O–H groups in total. The standard InChI is InChI=1S/C13H21N3O/c1-2-8-16(9-7-13(15)17)10-11-5-3-4-6-12(11)14/h3-6H,2,7-10,14H2,1H3,(H2,15,17). The van der Waals surface area contributed by atoms with Crippen LogP contribution in [0.25, 0.3) is 0 Å². The van der Waals surface area contributed by atoms with Gasteiger partial charge in [-0.05, 0) is 24.6 Å². The minimum Gasteiger partial charge on any atom is -0.398 e. The number of para-hydroxylation sites is 1. The van der Waals surface area contributed by atoms with Crippen LogP contribution in [0.2, 0.25) is 0 Å². The number of hydrogen-bond acceptors (Lipinski definition) is 3. The summed E-state index contributed by atoms with van der Waals surface area (Å²) in [6.45, 7) is 4.53. The maximum absolute atomic E-state index is 10.8. The minimum absolute atomic E-state index is 0.257. The number of nitrogen functional groups attached to an aromatic ring is 1. The van der Waals surface area contributed by atoms with E-state index in [1.54, 1.807) is 0 Å². The number of benzene rings is 1. The predicted molar refractivity (Wildman–Crippen MR) is 70.2 cm³/mol. The molecule has 4 heteroatoms. The highest BCUT2D eigenvalue weighted by atomic mass is 16.1. The Balaban J connectivity index is 2.59. The highest BCUT2D eigenvalue weighted by molar-refractivity contribution is 5.73. The molecule has 0 heterocycles. The van der Waals surface area contributed by atoms with Gasteiger partial charge in [0.1, 0.15) is 0 Å². The second kappa shape index (κ2) is 6.91. The van der Waals surface area contributed by atoms with E-state index in [-0.39, 0.29) is 5.91 Å². The lowest BCUT2D eigenvalue weighted by molar-refractivity contribution is -0.118. The zero-order chi connectivity index (χ0) is 12.7. The first-order chi connectivity index (χ1) is 8.13. The smallest absolute Gasteiger partial charge is 0.218 e. The largest absolute Gasteiger partial charge is 0.398 e. The summed E-state index contributed by atoms with van der Waals surface area (Å²) >= 11 is 0. The molecule has 17 heavy (non-hydrogen) atoms. The number of nitrogens with two attached hydrogens (primary N) is 2. The molecule has 0 atom stereocenters. The summed E-state index contributed by atoms with van der Waals surface area (Å²) in [7, 11) is 0. The van der Waals surface area contributed by atoms with Crippen LogP contribution < -0.4 is 11.5 Å². The maximum Gasteiger partial charge on any atom is 0.218 e. The van der Waals surface area contributed by atoms with E-state index in [4.69, 9.17) is 11.5 Å². The molecule has 0 aliphatic heterocycles. The molecule has 0 aromatic heterocycles. The second-order valence-electron chi connectivity index (χ2n) is 4.19.